The third kappa shape index (κ3) is 2.81. The zero-order valence-electron chi connectivity index (χ0n) is 13.1. The topological polar surface area (TPSA) is 76.2 Å². The lowest BCUT2D eigenvalue weighted by atomic mass is 9.99. The van der Waals surface area contributed by atoms with E-state index in [9.17, 15) is 9.90 Å². The first kappa shape index (κ1) is 16.2. The van der Waals surface area contributed by atoms with Crippen molar-refractivity contribution >= 4 is 45.6 Å². The first-order chi connectivity index (χ1) is 12.0. The summed E-state index contributed by atoms with van der Waals surface area (Å²) < 4.78 is 0. The monoisotopic (exact) mass is 372 g/mol. The molecule has 0 spiro atoms. The van der Waals surface area contributed by atoms with E-state index >= 15 is 0 Å². The summed E-state index contributed by atoms with van der Waals surface area (Å²) in [5.41, 5.74) is 9.46. The SMILES string of the molecule is Nc1c(C(=O)C2CC2)cnc2ccc(-c3cc(Cl)c(O)c(Cl)c3)cc12. The molecule has 0 saturated heterocycles. The van der Waals surface area contributed by atoms with Gasteiger partial charge in [0, 0.05) is 17.5 Å². The molecule has 0 aliphatic heterocycles. The van der Waals surface area contributed by atoms with E-state index in [1.165, 1.54) is 0 Å². The molecule has 0 unspecified atom stereocenters. The summed E-state index contributed by atoms with van der Waals surface area (Å²) in [7, 11) is 0. The molecule has 3 aromatic rings. The number of pyridine rings is 1. The number of phenols is 1. The Morgan fingerprint density at radius 3 is 2.44 bits per heavy atom. The van der Waals surface area contributed by atoms with E-state index in [0.29, 0.717) is 22.2 Å². The molecule has 1 saturated carbocycles. The predicted octanol–water partition coefficient (Wildman–Crippen LogP) is 5.09. The third-order valence-corrected chi connectivity index (χ3v) is 5.05. The lowest BCUT2D eigenvalue weighted by molar-refractivity contribution is 0.0968. The average molecular weight is 373 g/mol. The second-order valence-electron chi connectivity index (χ2n) is 6.24. The van der Waals surface area contributed by atoms with Crippen molar-refractivity contribution in [3.63, 3.8) is 0 Å². The molecule has 1 aliphatic rings. The van der Waals surface area contributed by atoms with Gasteiger partial charge in [-0.1, -0.05) is 29.3 Å². The molecule has 0 amide bonds. The van der Waals surface area contributed by atoms with Crippen LogP contribution in [0.1, 0.15) is 23.2 Å². The summed E-state index contributed by atoms with van der Waals surface area (Å²) in [5.74, 6) is -0.00107. The van der Waals surface area contributed by atoms with Gasteiger partial charge >= 0.3 is 0 Å². The molecule has 0 atom stereocenters. The minimum absolute atomic E-state index is 0.0630. The third-order valence-electron chi connectivity index (χ3n) is 4.47. The van der Waals surface area contributed by atoms with Gasteiger partial charge in [0.15, 0.2) is 11.5 Å². The van der Waals surface area contributed by atoms with Gasteiger partial charge in [-0.3, -0.25) is 9.78 Å². The van der Waals surface area contributed by atoms with Crippen LogP contribution < -0.4 is 5.73 Å². The molecular weight excluding hydrogens is 359 g/mol. The molecule has 0 radical (unpaired) electrons. The van der Waals surface area contributed by atoms with E-state index in [4.69, 9.17) is 28.9 Å². The largest absolute Gasteiger partial charge is 0.505 e. The molecule has 25 heavy (non-hydrogen) atoms. The highest BCUT2D eigenvalue weighted by molar-refractivity contribution is 6.37. The van der Waals surface area contributed by atoms with Gasteiger partial charge in [-0.2, -0.15) is 0 Å². The van der Waals surface area contributed by atoms with Crippen LogP contribution in [-0.2, 0) is 0 Å². The summed E-state index contributed by atoms with van der Waals surface area (Å²) in [6.45, 7) is 0. The van der Waals surface area contributed by atoms with Crippen molar-refractivity contribution in [2.45, 2.75) is 12.8 Å². The van der Waals surface area contributed by atoms with E-state index in [2.05, 4.69) is 4.98 Å². The molecule has 4 nitrogen and oxygen atoms in total. The number of anilines is 1. The molecule has 1 fully saturated rings. The van der Waals surface area contributed by atoms with Crippen molar-refractivity contribution in [2.75, 3.05) is 5.73 Å². The van der Waals surface area contributed by atoms with E-state index in [-0.39, 0.29) is 27.5 Å². The maximum absolute atomic E-state index is 12.4. The van der Waals surface area contributed by atoms with Gasteiger partial charge in [0.1, 0.15) is 0 Å². The summed E-state index contributed by atoms with van der Waals surface area (Å²) in [6, 6.07) is 8.83. The van der Waals surface area contributed by atoms with Crippen LogP contribution in [0.25, 0.3) is 22.0 Å². The quantitative estimate of drug-likeness (QED) is 0.627. The maximum atomic E-state index is 12.4. The number of fused-ring (bicyclic) bond motifs is 1. The Morgan fingerprint density at radius 2 is 1.80 bits per heavy atom. The van der Waals surface area contributed by atoms with E-state index in [1.54, 1.807) is 18.3 Å². The number of carbonyl (C=O) groups is 1. The zero-order valence-corrected chi connectivity index (χ0v) is 14.6. The summed E-state index contributed by atoms with van der Waals surface area (Å²) in [4.78, 5) is 16.7. The van der Waals surface area contributed by atoms with Crippen LogP contribution >= 0.6 is 23.2 Å². The lowest BCUT2D eigenvalue weighted by Crippen LogP contribution is -2.07. The van der Waals surface area contributed by atoms with Gasteiger partial charge < -0.3 is 10.8 Å². The van der Waals surface area contributed by atoms with E-state index in [1.807, 2.05) is 18.2 Å². The van der Waals surface area contributed by atoms with Gasteiger partial charge in [-0.15, -0.1) is 0 Å². The van der Waals surface area contributed by atoms with Crippen molar-refractivity contribution in [3.8, 4) is 16.9 Å². The van der Waals surface area contributed by atoms with Crippen LogP contribution in [0.15, 0.2) is 36.5 Å². The Hall–Kier alpha value is -2.30. The van der Waals surface area contributed by atoms with Gasteiger partial charge in [-0.25, -0.2) is 0 Å². The second-order valence-corrected chi connectivity index (χ2v) is 7.06. The van der Waals surface area contributed by atoms with Gasteiger partial charge in [-0.05, 0) is 48.2 Å². The fourth-order valence-corrected chi connectivity index (χ4v) is 3.37. The average Bonchev–Trinajstić information content (AvgIpc) is 3.44. The number of rotatable bonds is 3. The van der Waals surface area contributed by atoms with Gasteiger partial charge in [0.25, 0.3) is 0 Å². The fraction of sp³-hybridized carbons (Fsp3) is 0.158. The van der Waals surface area contributed by atoms with Crippen molar-refractivity contribution in [1.29, 1.82) is 0 Å². The zero-order chi connectivity index (χ0) is 17.7. The number of ketones is 1. The number of carbonyl (C=O) groups excluding carboxylic acids is 1. The van der Waals surface area contributed by atoms with Gasteiger partial charge in [0.05, 0.1) is 26.8 Å². The number of nitrogen functional groups attached to an aromatic ring is 1. The second kappa shape index (κ2) is 5.90. The number of nitrogens with zero attached hydrogens (tertiary/aromatic N) is 1. The Morgan fingerprint density at radius 1 is 1.12 bits per heavy atom. The molecule has 6 heteroatoms. The highest BCUT2D eigenvalue weighted by atomic mass is 35.5. The summed E-state index contributed by atoms with van der Waals surface area (Å²) >= 11 is 12.0. The van der Waals surface area contributed by atoms with E-state index in [0.717, 1.165) is 24.0 Å². The Balaban J connectivity index is 1.86. The highest BCUT2D eigenvalue weighted by Crippen LogP contribution is 2.39. The van der Waals surface area contributed by atoms with Crippen LogP contribution in [0.4, 0.5) is 5.69 Å². The fourth-order valence-electron chi connectivity index (χ4n) is 2.89. The number of hydrogen-bond donors (Lipinski definition) is 2. The van der Waals surface area contributed by atoms with Crippen molar-refractivity contribution in [3.05, 3.63) is 52.1 Å². The maximum Gasteiger partial charge on any atom is 0.169 e. The standard InChI is InChI=1S/C19H14Cl2N2O2/c20-14-6-11(7-15(21)19(14)25)10-3-4-16-12(5-10)17(22)13(8-23-16)18(24)9-1-2-9/h3-9,25H,1-2H2,(H2,22,23). The van der Waals surface area contributed by atoms with Crippen LogP contribution in [-0.4, -0.2) is 15.9 Å². The minimum Gasteiger partial charge on any atom is -0.505 e. The Labute approximate surface area is 154 Å². The number of aromatic nitrogens is 1. The van der Waals surface area contributed by atoms with Crippen LogP contribution in [0, 0.1) is 5.92 Å². The number of hydrogen-bond acceptors (Lipinski definition) is 4. The molecular formula is C19H14Cl2N2O2. The number of aromatic hydroxyl groups is 1. The summed E-state index contributed by atoms with van der Waals surface area (Å²) in [6.07, 6.45) is 3.40. The molecule has 4 rings (SSSR count). The molecule has 126 valence electrons. The van der Waals surface area contributed by atoms with Crippen molar-refractivity contribution in [1.82, 2.24) is 4.98 Å². The number of Topliss-reactive ketones (excluding diaryl/α,β-unsaturated/α-hetero) is 1. The van der Waals surface area contributed by atoms with Crippen LogP contribution in [0.3, 0.4) is 0 Å². The van der Waals surface area contributed by atoms with Crippen molar-refractivity contribution < 1.29 is 9.90 Å². The first-order valence-electron chi connectivity index (χ1n) is 7.86. The van der Waals surface area contributed by atoms with Crippen molar-refractivity contribution in [2.24, 2.45) is 5.92 Å². The highest BCUT2D eigenvalue weighted by Gasteiger charge is 2.32. The molecule has 2 aromatic carbocycles. The molecule has 0 bridgehead atoms. The Kier molecular flexibility index (Phi) is 3.82. The Bertz CT molecular complexity index is 1010. The number of phenolic OH excluding ortho intramolecular Hbond substituents is 1. The lowest BCUT2D eigenvalue weighted by Gasteiger charge is -2.10. The van der Waals surface area contributed by atoms with Gasteiger partial charge in [0.2, 0.25) is 0 Å². The van der Waals surface area contributed by atoms with Crippen LogP contribution in [0.5, 0.6) is 5.75 Å². The molecule has 1 heterocycles. The smallest absolute Gasteiger partial charge is 0.169 e. The number of benzene rings is 2. The number of halogens is 2. The first-order valence-corrected chi connectivity index (χ1v) is 8.62. The molecule has 1 aliphatic carbocycles. The normalized spacial score (nSPS) is 14.0. The predicted molar refractivity (Wildman–Crippen MR) is 100 cm³/mol. The van der Waals surface area contributed by atoms with E-state index < -0.39 is 0 Å². The number of nitrogens with two attached hydrogens (primary N) is 1. The summed E-state index contributed by atoms with van der Waals surface area (Å²) in [5, 5.41) is 10.8. The molecule has 1 aromatic heterocycles. The minimum atomic E-state index is -0.147. The van der Waals surface area contributed by atoms with Crippen LogP contribution in [0.2, 0.25) is 10.0 Å². The molecule has 3 N–H and O–H groups in total.